The molecule has 4 heterocycles. The van der Waals surface area contributed by atoms with E-state index in [0.29, 0.717) is 35.6 Å². The first-order valence-electron chi connectivity index (χ1n) is 10.9. The van der Waals surface area contributed by atoms with Crippen molar-refractivity contribution in [3.8, 4) is 5.75 Å². The van der Waals surface area contributed by atoms with Crippen LogP contribution in [0.25, 0.3) is 21.9 Å². The van der Waals surface area contributed by atoms with Crippen molar-refractivity contribution >= 4 is 49.6 Å². The molecule has 0 amide bonds. The lowest BCUT2D eigenvalue weighted by Gasteiger charge is -2.26. The van der Waals surface area contributed by atoms with E-state index in [2.05, 4.69) is 30.9 Å². The zero-order valence-electron chi connectivity index (χ0n) is 18.2. The fourth-order valence-corrected chi connectivity index (χ4v) is 5.45. The molecule has 6 N–H and O–H groups in total. The van der Waals surface area contributed by atoms with Crippen LogP contribution in [-0.4, -0.2) is 53.6 Å². The summed E-state index contributed by atoms with van der Waals surface area (Å²) in [6.45, 7) is 1.84. The first kappa shape index (κ1) is 21.5. The minimum absolute atomic E-state index is 0.134. The third-order valence-electron chi connectivity index (χ3n) is 6.84. The van der Waals surface area contributed by atoms with Crippen LogP contribution >= 0.6 is 15.9 Å². The van der Waals surface area contributed by atoms with Crippen molar-refractivity contribution < 1.29 is 19.7 Å². The van der Waals surface area contributed by atoms with Gasteiger partial charge in [-0.2, -0.15) is 4.98 Å². The van der Waals surface area contributed by atoms with E-state index in [1.54, 1.807) is 16.8 Å². The predicted molar refractivity (Wildman–Crippen MR) is 129 cm³/mol. The summed E-state index contributed by atoms with van der Waals surface area (Å²) in [4.78, 5) is 12.9. The lowest BCUT2D eigenvalue weighted by atomic mass is 9.94. The Morgan fingerprint density at radius 2 is 2.03 bits per heavy atom. The first-order chi connectivity index (χ1) is 16.2. The Bertz CT molecular complexity index is 1440. The molecule has 2 fully saturated rings. The highest BCUT2D eigenvalue weighted by molar-refractivity contribution is 9.10. The number of nitrogen functional groups attached to an aromatic ring is 2. The number of hydrogen-bond donors (Lipinski definition) is 4. The molecule has 1 saturated heterocycles. The molecule has 1 aliphatic carbocycles. The van der Waals surface area contributed by atoms with Crippen molar-refractivity contribution in [3.63, 3.8) is 0 Å². The van der Waals surface area contributed by atoms with E-state index in [0.717, 1.165) is 20.9 Å². The fraction of sp³-hybridized carbons (Fsp3) is 0.348. The summed E-state index contributed by atoms with van der Waals surface area (Å²) >= 11 is 3.39. The van der Waals surface area contributed by atoms with Gasteiger partial charge in [0.15, 0.2) is 6.23 Å². The van der Waals surface area contributed by atoms with E-state index < -0.39 is 30.1 Å². The van der Waals surface area contributed by atoms with Gasteiger partial charge >= 0.3 is 0 Å². The highest BCUT2D eigenvalue weighted by Crippen LogP contribution is 2.48. The molecule has 4 aromatic rings. The van der Waals surface area contributed by atoms with Gasteiger partial charge in [-0.1, -0.05) is 0 Å². The summed E-state index contributed by atoms with van der Waals surface area (Å²) in [5, 5.41) is 24.2. The molecule has 10 nitrogen and oxygen atoms in total. The van der Waals surface area contributed by atoms with Crippen LogP contribution in [0.3, 0.4) is 0 Å². The SMILES string of the molecule is Cc1nc(N)nc2c1ccn2[C@@H]1O[C@@H]2[C@@H](Oc3ccc4cc(Br)c(N)nc4c3)CC[C@]2(O)[C@H]1O. The Labute approximate surface area is 202 Å². The Morgan fingerprint density at radius 1 is 1.21 bits per heavy atom. The number of aliphatic hydroxyl groups excluding tert-OH is 1. The van der Waals surface area contributed by atoms with Gasteiger partial charge < -0.3 is 35.7 Å². The van der Waals surface area contributed by atoms with E-state index in [-0.39, 0.29) is 5.95 Å². The number of hydrogen-bond acceptors (Lipinski definition) is 9. The summed E-state index contributed by atoms with van der Waals surface area (Å²) in [6.07, 6.45) is -0.586. The summed E-state index contributed by atoms with van der Waals surface area (Å²) in [5.41, 5.74) is 12.3. The van der Waals surface area contributed by atoms with Crippen LogP contribution < -0.4 is 16.2 Å². The van der Waals surface area contributed by atoms with Crippen molar-refractivity contribution in [2.45, 2.75) is 49.9 Å². The Hall–Kier alpha value is -2.99. The Morgan fingerprint density at radius 3 is 2.85 bits per heavy atom. The van der Waals surface area contributed by atoms with E-state index in [9.17, 15) is 10.2 Å². The van der Waals surface area contributed by atoms with Gasteiger partial charge in [0, 0.05) is 23.0 Å². The summed E-state index contributed by atoms with van der Waals surface area (Å²) < 4.78 is 14.9. The number of halogens is 1. The molecule has 0 unspecified atom stereocenters. The minimum Gasteiger partial charge on any atom is -0.488 e. The molecule has 176 valence electrons. The van der Waals surface area contributed by atoms with Crippen molar-refractivity contribution in [1.29, 1.82) is 0 Å². The topological polar surface area (TPSA) is 155 Å². The quantitative estimate of drug-likeness (QED) is 0.315. The maximum atomic E-state index is 11.4. The van der Waals surface area contributed by atoms with E-state index in [1.165, 1.54) is 0 Å². The second-order valence-electron chi connectivity index (χ2n) is 8.92. The number of anilines is 2. The predicted octanol–water partition coefficient (Wildman–Crippen LogP) is 2.45. The number of aromatic nitrogens is 4. The van der Waals surface area contributed by atoms with Crippen LogP contribution in [0.2, 0.25) is 0 Å². The molecule has 6 rings (SSSR count). The van der Waals surface area contributed by atoms with Crippen molar-refractivity contribution in [2.75, 3.05) is 11.5 Å². The highest BCUT2D eigenvalue weighted by atomic mass is 79.9. The molecule has 0 bridgehead atoms. The molecule has 11 heteroatoms. The lowest BCUT2D eigenvalue weighted by molar-refractivity contribution is -0.0791. The Balaban J connectivity index is 1.30. The summed E-state index contributed by atoms with van der Waals surface area (Å²) in [7, 11) is 0. The number of fused-ring (bicyclic) bond motifs is 3. The van der Waals surface area contributed by atoms with Crippen molar-refractivity contribution in [2.24, 2.45) is 0 Å². The van der Waals surface area contributed by atoms with Crippen LogP contribution in [0.15, 0.2) is 41.0 Å². The number of aryl methyl sites for hydroxylation is 1. The zero-order chi connectivity index (χ0) is 23.8. The second-order valence-corrected chi connectivity index (χ2v) is 9.77. The maximum absolute atomic E-state index is 11.4. The largest absolute Gasteiger partial charge is 0.488 e. The third-order valence-corrected chi connectivity index (χ3v) is 7.47. The van der Waals surface area contributed by atoms with Gasteiger partial charge in [0.1, 0.15) is 41.1 Å². The van der Waals surface area contributed by atoms with Crippen molar-refractivity contribution in [3.05, 3.63) is 46.7 Å². The van der Waals surface area contributed by atoms with Gasteiger partial charge in [-0.3, -0.25) is 0 Å². The average molecular weight is 527 g/mol. The monoisotopic (exact) mass is 526 g/mol. The smallest absolute Gasteiger partial charge is 0.222 e. The van der Waals surface area contributed by atoms with Crippen LogP contribution in [0.5, 0.6) is 5.75 Å². The molecule has 1 saturated carbocycles. The van der Waals surface area contributed by atoms with Gasteiger partial charge in [-0.15, -0.1) is 0 Å². The number of benzene rings is 1. The van der Waals surface area contributed by atoms with Crippen molar-refractivity contribution in [1.82, 2.24) is 19.5 Å². The molecule has 1 aliphatic heterocycles. The van der Waals surface area contributed by atoms with E-state index in [1.807, 2.05) is 31.2 Å². The third kappa shape index (κ3) is 3.15. The van der Waals surface area contributed by atoms with Gasteiger partial charge in [-0.05, 0) is 60.0 Å². The lowest BCUT2D eigenvalue weighted by Crippen LogP contribution is -2.47. The normalized spacial score (nSPS) is 28.6. The summed E-state index contributed by atoms with van der Waals surface area (Å²) in [6, 6.07) is 9.29. The standard InChI is InChI=1S/C23H23BrN6O4/c1-10-13-5-7-30(20(13)29-22(26)27-10)21-17(31)23(32)6-4-16(18(23)34-21)33-12-3-2-11-8-14(24)19(25)28-15(11)9-12/h2-3,5,7-9,16-18,21,31-32H,4,6H2,1H3,(H2,25,28)(H2,26,27,29)/t16-,17-,18+,21+,23-/m0/s1. The van der Waals surface area contributed by atoms with Crippen LogP contribution in [0.1, 0.15) is 24.8 Å². The fourth-order valence-electron chi connectivity index (χ4n) is 5.12. The number of nitrogens with two attached hydrogens (primary N) is 2. The van der Waals surface area contributed by atoms with Crippen LogP contribution in [0.4, 0.5) is 11.8 Å². The number of nitrogens with zero attached hydrogens (tertiary/aromatic N) is 4. The average Bonchev–Trinajstić information content (AvgIpc) is 3.42. The zero-order valence-corrected chi connectivity index (χ0v) is 19.8. The molecule has 0 radical (unpaired) electrons. The number of ether oxygens (including phenoxy) is 2. The molecule has 34 heavy (non-hydrogen) atoms. The molecular weight excluding hydrogens is 504 g/mol. The van der Waals surface area contributed by atoms with Gasteiger partial charge in [0.2, 0.25) is 5.95 Å². The van der Waals surface area contributed by atoms with E-state index >= 15 is 0 Å². The van der Waals surface area contributed by atoms with E-state index in [4.69, 9.17) is 20.9 Å². The second kappa shape index (κ2) is 7.51. The number of rotatable bonds is 3. The number of pyridine rings is 1. The molecule has 0 spiro atoms. The van der Waals surface area contributed by atoms with Gasteiger partial charge in [0.25, 0.3) is 0 Å². The number of aliphatic hydroxyl groups is 2. The summed E-state index contributed by atoms with van der Waals surface area (Å²) in [5.74, 6) is 1.11. The molecule has 5 atom stereocenters. The Kier molecular flexibility index (Phi) is 4.75. The molecule has 2 aliphatic rings. The highest BCUT2D eigenvalue weighted by Gasteiger charge is 2.62. The first-order valence-corrected chi connectivity index (χ1v) is 11.7. The van der Waals surface area contributed by atoms with Gasteiger partial charge in [0.05, 0.1) is 15.7 Å². The molecular formula is C23H23BrN6O4. The maximum Gasteiger partial charge on any atom is 0.222 e. The minimum atomic E-state index is -1.45. The van der Waals surface area contributed by atoms with Gasteiger partial charge in [-0.25, -0.2) is 9.97 Å². The molecule has 3 aromatic heterocycles. The van der Waals surface area contributed by atoms with Crippen LogP contribution in [0, 0.1) is 6.92 Å². The molecule has 1 aromatic carbocycles. The van der Waals surface area contributed by atoms with Crippen LogP contribution in [-0.2, 0) is 4.74 Å².